The van der Waals surface area contributed by atoms with E-state index in [0.29, 0.717) is 0 Å². The predicted molar refractivity (Wildman–Crippen MR) is 127 cm³/mol. The summed E-state index contributed by atoms with van der Waals surface area (Å²) >= 11 is 6.77. The van der Waals surface area contributed by atoms with Gasteiger partial charge in [-0.3, -0.25) is 0 Å². The molecule has 3 N–H and O–H groups in total. The first-order valence-electron chi connectivity index (χ1n) is 8.38. The Labute approximate surface area is 188 Å². The molecule has 4 aromatic heterocycles. The van der Waals surface area contributed by atoms with Crippen molar-refractivity contribution in [3.63, 3.8) is 0 Å². The number of rotatable bonds is 2. The van der Waals surface area contributed by atoms with Gasteiger partial charge in [-0.15, -0.1) is 12.4 Å². The topological polar surface area (TPSA) is 72.6 Å². The van der Waals surface area contributed by atoms with E-state index < -0.39 is 0 Å². The zero-order valence-corrected chi connectivity index (χ0v) is 20.2. The predicted octanol–water partition coefficient (Wildman–Crippen LogP) is 4.97. The van der Waals surface area contributed by atoms with Crippen LogP contribution in [0.4, 0.5) is 0 Å². The molecule has 0 spiro atoms. The van der Waals surface area contributed by atoms with Crippen LogP contribution in [0.2, 0.25) is 0 Å². The van der Waals surface area contributed by atoms with E-state index in [2.05, 4.69) is 82.2 Å². The van der Waals surface area contributed by atoms with E-state index in [-0.39, 0.29) is 12.4 Å². The van der Waals surface area contributed by atoms with Gasteiger partial charge in [-0.25, -0.2) is 9.97 Å². The third kappa shape index (κ3) is 7.18. The van der Waals surface area contributed by atoms with Crippen LogP contribution in [0.15, 0.2) is 51.9 Å². The number of hydrogen-bond acceptors (Lipinski definition) is 4. The van der Waals surface area contributed by atoms with Gasteiger partial charge in [0.2, 0.25) is 0 Å². The van der Waals surface area contributed by atoms with Crippen LogP contribution in [0.25, 0.3) is 22.1 Å². The summed E-state index contributed by atoms with van der Waals surface area (Å²) in [5.74, 6) is 0. The molecule has 0 aromatic carbocycles. The van der Waals surface area contributed by atoms with Gasteiger partial charge in [0.25, 0.3) is 0 Å². The highest BCUT2D eigenvalue weighted by atomic mass is 79.9. The number of aromatic amines is 2. The maximum Gasteiger partial charge on any atom is 0.137 e. The molecular formula is C19H25Br2ClN6. The SMILES string of the molecule is Brc1cnc2[nH]ccc2c1.CN(C)Cc1c[nH]c2ncc(Br)cc12.CNC.Cl. The zero-order valence-electron chi connectivity index (χ0n) is 16.3. The molecule has 0 fully saturated rings. The summed E-state index contributed by atoms with van der Waals surface area (Å²) < 4.78 is 2.03. The fourth-order valence-electron chi connectivity index (χ4n) is 2.42. The second-order valence-electron chi connectivity index (χ2n) is 6.17. The van der Waals surface area contributed by atoms with E-state index in [0.717, 1.165) is 32.2 Å². The molecule has 0 aliphatic heterocycles. The largest absolute Gasteiger partial charge is 0.346 e. The van der Waals surface area contributed by atoms with Crippen molar-refractivity contribution in [1.29, 1.82) is 0 Å². The molecule has 4 rings (SSSR count). The van der Waals surface area contributed by atoms with E-state index in [9.17, 15) is 0 Å². The summed E-state index contributed by atoms with van der Waals surface area (Å²) in [4.78, 5) is 16.7. The van der Waals surface area contributed by atoms with Crippen molar-refractivity contribution in [1.82, 2.24) is 30.2 Å². The van der Waals surface area contributed by atoms with Gasteiger partial charge in [0.1, 0.15) is 11.3 Å². The molecule has 0 bridgehead atoms. The lowest BCUT2D eigenvalue weighted by Crippen LogP contribution is -2.10. The molecule has 0 aliphatic rings. The van der Waals surface area contributed by atoms with Crippen LogP contribution >= 0.6 is 44.3 Å². The lowest BCUT2D eigenvalue weighted by atomic mass is 10.2. The monoisotopic (exact) mass is 530 g/mol. The average Bonchev–Trinajstić information content (AvgIpc) is 3.22. The van der Waals surface area contributed by atoms with Crippen molar-refractivity contribution in [2.75, 3.05) is 28.2 Å². The molecule has 0 saturated heterocycles. The van der Waals surface area contributed by atoms with Crippen molar-refractivity contribution in [2.24, 2.45) is 0 Å². The maximum absolute atomic E-state index is 4.29. The summed E-state index contributed by atoms with van der Waals surface area (Å²) in [6, 6.07) is 6.11. The van der Waals surface area contributed by atoms with Gasteiger partial charge < -0.3 is 20.2 Å². The van der Waals surface area contributed by atoms with Crippen molar-refractivity contribution in [3.8, 4) is 0 Å². The standard InChI is InChI=1S/C10H12BrN3.C7H5BrN2.C2H7N.ClH/c1-14(2)6-7-4-12-10-9(7)3-8(11)5-13-10;8-6-3-5-1-2-9-7(5)10-4-6;1-3-2;/h3-5H,6H2,1-2H3,(H,12,13);1-4H,(H,9,10);3H,1-2H3;1H. The van der Waals surface area contributed by atoms with Crippen LogP contribution < -0.4 is 5.32 Å². The average molecular weight is 533 g/mol. The smallest absolute Gasteiger partial charge is 0.137 e. The van der Waals surface area contributed by atoms with Crippen LogP contribution in [0, 0.1) is 0 Å². The van der Waals surface area contributed by atoms with Gasteiger partial charge in [-0.05, 0) is 83.8 Å². The molecule has 6 nitrogen and oxygen atoms in total. The molecule has 28 heavy (non-hydrogen) atoms. The Morgan fingerprint density at radius 3 is 2.25 bits per heavy atom. The van der Waals surface area contributed by atoms with E-state index in [1.807, 2.05) is 38.6 Å². The van der Waals surface area contributed by atoms with Gasteiger partial charge in [0, 0.05) is 51.1 Å². The number of nitrogens with zero attached hydrogens (tertiary/aromatic N) is 3. The quantitative estimate of drug-likeness (QED) is 0.341. The highest BCUT2D eigenvalue weighted by Crippen LogP contribution is 2.21. The number of fused-ring (bicyclic) bond motifs is 2. The van der Waals surface area contributed by atoms with E-state index in [1.54, 1.807) is 12.4 Å². The molecule has 152 valence electrons. The third-order valence-corrected chi connectivity index (χ3v) is 4.30. The highest BCUT2D eigenvalue weighted by Gasteiger charge is 2.05. The van der Waals surface area contributed by atoms with Gasteiger partial charge in [-0.1, -0.05) is 0 Å². The molecule has 0 radical (unpaired) electrons. The fraction of sp³-hybridized carbons (Fsp3) is 0.263. The molecule has 0 unspecified atom stereocenters. The van der Waals surface area contributed by atoms with Crippen LogP contribution in [-0.2, 0) is 6.54 Å². The Hall–Kier alpha value is -1.45. The minimum atomic E-state index is 0. The maximum atomic E-state index is 4.29. The Morgan fingerprint density at radius 1 is 1.00 bits per heavy atom. The fourth-order valence-corrected chi connectivity index (χ4v) is 3.10. The van der Waals surface area contributed by atoms with Crippen molar-refractivity contribution >= 4 is 66.3 Å². The zero-order chi connectivity index (χ0) is 19.8. The van der Waals surface area contributed by atoms with Crippen LogP contribution in [-0.4, -0.2) is 53.0 Å². The number of aromatic nitrogens is 4. The number of H-pyrrole nitrogens is 2. The molecule has 4 aromatic rings. The molecule has 0 aliphatic carbocycles. The molecular weight excluding hydrogens is 508 g/mol. The Kier molecular flexibility index (Phi) is 10.7. The van der Waals surface area contributed by atoms with Gasteiger partial charge >= 0.3 is 0 Å². The lowest BCUT2D eigenvalue weighted by molar-refractivity contribution is 0.404. The summed E-state index contributed by atoms with van der Waals surface area (Å²) in [7, 11) is 7.87. The van der Waals surface area contributed by atoms with Crippen molar-refractivity contribution in [2.45, 2.75) is 6.54 Å². The molecule has 4 heterocycles. The summed E-state index contributed by atoms with van der Waals surface area (Å²) in [5.41, 5.74) is 3.16. The third-order valence-electron chi connectivity index (χ3n) is 3.44. The highest BCUT2D eigenvalue weighted by molar-refractivity contribution is 9.10. The molecule has 0 atom stereocenters. The second-order valence-corrected chi connectivity index (χ2v) is 8.00. The van der Waals surface area contributed by atoms with E-state index in [1.165, 1.54) is 10.9 Å². The summed E-state index contributed by atoms with van der Waals surface area (Å²) in [5, 5.41) is 5.07. The first kappa shape index (κ1) is 24.6. The molecule has 0 amide bonds. The van der Waals surface area contributed by atoms with Gasteiger partial charge in [0.15, 0.2) is 0 Å². The first-order valence-corrected chi connectivity index (χ1v) is 9.96. The molecule has 9 heteroatoms. The molecule has 0 saturated carbocycles. The summed E-state index contributed by atoms with van der Waals surface area (Å²) in [6.45, 7) is 0.929. The van der Waals surface area contributed by atoms with E-state index in [4.69, 9.17) is 0 Å². The van der Waals surface area contributed by atoms with Gasteiger partial charge in [-0.2, -0.15) is 0 Å². The van der Waals surface area contributed by atoms with Gasteiger partial charge in [0.05, 0.1) is 0 Å². The summed E-state index contributed by atoms with van der Waals surface area (Å²) in [6.07, 6.45) is 7.48. The minimum absolute atomic E-state index is 0. The van der Waals surface area contributed by atoms with E-state index >= 15 is 0 Å². The number of hydrogen-bond donors (Lipinski definition) is 3. The Morgan fingerprint density at radius 2 is 1.61 bits per heavy atom. The van der Waals surface area contributed by atoms with Crippen LogP contribution in [0.5, 0.6) is 0 Å². The number of halogens is 3. The van der Waals surface area contributed by atoms with Crippen molar-refractivity contribution < 1.29 is 0 Å². The van der Waals surface area contributed by atoms with Crippen LogP contribution in [0.3, 0.4) is 0 Å². The normalized spacial score (nSPS) is 10.1. The first-order chi connectivity index (χ1) is 12.9. The van der Waals surface area contributed by atoms with Crippen molar-refractivity contribution in [3.05, 3.63) is 57.5 Å². The number of nitrogens with one attached hydrogen (secondary N) is 3. The minimum Gasteiger partial charge on any atom is -0.346 e. The van der Waals surface area contributed by atoms with Crippen LogP contribution in [0.1, 0.15) is 5.56 Å². The Bertz CT molecular complexity index is 983. The second kappa shape index (κ2) is 12.2. The Balaban J connectivity index is 0.000000247. The number of pyridine rings is 2. The lowest BCUT2D eigenvalue weighted by Gasteiger charge is -2.07.